The van der Waals surface area contributed by atoms with Crippen molar-refractivity contribution in [2.45, 2.75) is 31.0 Å². The molecular formula is C8H12N2O4. The van der Waals surface area contributed by atoms with Crippen molar-refractivity contribution in [2.24, 2.45) is 0 Å². The van der Waals surface area contributed by atoms with Gasteiger partial charge in [0, 0.05) is 6.42 Å². The van der Waals surface area contributed by atoms with Gasteiger partial charge in [0.2, 0.25) is 0 Å². The number of urea groups is 1. The van der Waals surface area contributed by atoms with Crippen molar-refractivity contribution < 1.29 is 19.4 Å². The molecule has 0 radical (unpaired) electrons. The Balaban J connectivity index is 1.89. The van der Waals surface area contributed by atoms with Gasteiger partial charge in [-0.05, 0) is 6.42 Å². The number of fused-ring (bicyclic) bond motifs is 1. The van der Waals surface area contributed by atoms with Crippen LogP contribution in [0.5, 0.6) is 0 Å². The van der Waals surface area contributed by atoms with E-state index < -0.39 is 5.97 Å². The molecule has 2 rings (SSSR count). The van der Waals surface area contributed by atoms with Crippen LogP contribution in [0.15, 0.2) is 0 Å². The van der Waals surface area contributed by atoms with Crippen molar-refractivity contribution in [3.05, 3.63) is 0 Å². The van der Waals surface area contributed by atoms with Gasteiger partial charge in [-0.1, -0.05) is 0 Å². The number of ether oxygens (including phenoxy) is 1. The summed E-state index contributed by atoms with van der Waals surface area (Å²) in [5.74, 6) is -0.839. The van der Waals surface area contributed by atoms with Gasteiger partial charge in [-0.3, -0.25) is 4.79 Å². The average molecular weight is 200 g/mol. The van der Waals surface area contributed by atoms with E-state index in [0.717, 1.165) is 0 Å². The normalized spacial score (nSPS) is 34.9. The molecule has 0 saturated carbocycles. The number of carbonyl (C=O) groups excluding carboxylic acids is 1. The lowest BCUT2D eigenvalue weighted by molar-refractivity contribution is -0.137. The van der Waals surface area contributed by atoms with Crippen LogP contribution in [0.2, 0.25) is 0 Å². The number of rotatable bonds is 3. The molecule has 0 aromatic rings. The van der Waals surface area contributed by atoms with Crippen molar-refractivity contribution in [3.8, 4) is 0 Å². The smallest absolute Gasteiger partial charge is 0.315 e. The Hall–Kier alpha value is -1.30. The van der Waals surface area contributed by atoms with Crippen LogP contribution in [0.1, 0.15) is 12.8 Å². The summed E-state index contributed by atoms with van der Waals surface area (Å²) in [6.07, 6.45) is 0.345. The van der Waals surface area contributed by atoms with E-state index in [4.69, 9.17) is 9.84 Å². The van der Waals surface area contributed by atoms with Gasteiger partial charge in [0.15, 0.2) is 0 Å². The zero-order valence-electron chi connectivity index (χ0n) is 7.53. The monoisotopic (exact) mass is 200 g/mol. The molecule has 0 spiro atoms. The van der Waals surface area contributed by atoms with E-state index in [0.29, 0.717) is 13.0 Å². The van der Waals surface area contributed by atoms with Gasteiger partial charge in [-0.2, -0.15) is 0 Å². The van der Waals surface area contributed by atoms with E-state index in [1.54, 1.807) is 0 Å². The summed E-state index contributed by atoms with van der Waals surface area (Å²) in [7, 11) is 0. The summed E-state index contributed by atoms with van der Waals surface area (Å²) in [4.78, 5) is 21.3. The number of aliphatic carboxylic acids is 1. The standard InChI is InChI=1S/C8H12N2O4/c11-6(12)2-1-5-7-4(3-14-5)9-8(13)10-7/h4-5,7H,1-3H2,(H,11,12)(H2,9,10,13). The number of carbonyl (C=O) groups is 2. The Labute approximate surface area is 80.6 Å². The molecule has 78 valence electrons. The minimum Gasteiger partial charge on any atom is -0.481 e. The Bertz CT molecular complexity index is 268. The molecule has 3 atom stereocenters. The molecule has 0 aromatic heterocycles. The van der Waals surface area contributed by atoms with E-state index in [2.05, 4.69) is 10.6 Å². The van der Waals surface area contributed by atoms with Crippen LogP contribution in [-0.2, 0) is 9.53 Å². The lowest BCUT2D eigenvalue weighted by atomic mass is 10.0. The number of hydrogen-bond donors (Lipinski definition) is 3. The highest BCUT2D eigenvalue weighted by atomic mass is 16.5. The first-order valence-electron chi connectivity index (χ1n) is 4.57. The van der Waals surface area contributed by atoms with Crippen molar-refractivity contribution >= 4 is 12.0 Å². The summed E-state index contributed by atoms with van der Waals surface area (Å²) in [5, 5.41) is 13.9. The number of hydrogen-bond acceptors (Lipinski definition) is 3. The van der Waals surface area contributed by atoms with E-state index in [-0.39, 0.29) is 30.6 Å². The first-order valence-corrected chi connectivity index (χ1v) is 4.57. The molecule has 2 fully saturated rings. The third-order valence-corrected chi connectivity index (χ3v) is 2.58. The van der Waals surface area contributed by atoms with E-state index in [1.807, 2.05) is 0 Å². The molecule has 0 bridgehead atoms. The lowest BCUT2D eigenvalue weighted by Crippen LogP contribution is -2.37. The Morgan fingerprint density at radius 2 is 2.36 bits per heavy atom. The highest BCUT2D eigenvalue weighted by Crippen LogP contribution is 2.21. The zero-order valence-corrected chi connectivity index (χ0v) is 7.53. The first kappa shape index (κ1) is 9.26. The summed E-state index contributed by atoms with van der Waals surface area (Å²) in [6, 6.07) is -0.258. The molecule has 3 unspecified atom stereocenters. The molecular weight excluding hydrogens is 188 g/mol. The van der Waals surface area contributed by atoms with Gasteiger partial charge >= 0.3 is 12.0 Å². The third-order valence-electron chi connectivity index (χ3n) is 2.58. The van der Waals surface area contributed by atoms with Crippen LogP contribution in [0.25, 0.3) is 0 Å². The number of amides is 2. The molecule has 6 nitrogen and oxygen atoms in total. The average Bonchev–Trinajstić information content (AvgIpc) is 2.60. The van der Waals surface area contributed by atoms with Gasteiger partial charge in [-0.25, -0.2) is 4.79 Å². The summed E-state index contributed by atoms with van der Waals surface area (Å²) >= 11 is 0. The van der Waals surface area contributed by atoms with Crippen LogP contribution in [-0.4, -0.2) is 41.9 Å². The molecule has 6 heteroatoms. The van der Waals surface area contributed by atoms with Gasteiger partial charge in [0.1, 0.15) is 0 Å². The fraction of sp³-hybridized carbons (Fsp3) is 0.750. The topological polar surface area (TPSA) is 87.7 Å². The largest absolute Gasteiger partial charge is 0.481 e. The van der Waals surface area contributed by atoms with Crippen LogP contribution >= 0.6 is 0 Å². The number of carboxylic acids is 1. The Kier molecular flexibility index (Phi) is 2.28. The first-order chi connectivity index (χ1) is 6.66. The number of carboxylic acid groups (broad SMARTS) is 1. The Morgan fingerprint density at radius 3 is 3.07 bits per heavy atom. The highest BCUT2D eigenvalue weighted by Gasteiger charge is 2.43. The molecule has 2 amide bonds. The highest BCUT2D eigenvalue weighted by molar-refractivity contribution is 5.77. The van der Waals surface area contributed by atoms with Gasteiger partial charge < -0.3 is 20.5 Å². The minimum absolute atomic E-state index is 0.00120. The van der Waals surface area contributed by atoms with E-state index >= 15 is 0 Å². The number of nitrogens with one attached hydrogen (secondary N) is 2. The maximum absolute atomic E-state index is 10.9. The zero-order chi connectivity index (χ0) is 10.1. The molecule has 14 heavy (non-hydrogen) atoms. The fourth-order valence-electron chi connectivity index (χ4n) is 1.91. The van der Waals surface area contributed by atoms with Crippen LogP contribution in [0.4, 0.5) is 4.79 Å². The van der Waals surface area contributed by atoms with Crippen molar-refractivity contribution in [3.63, 3.8) is 0 Å². The maximum atomic E-state index is 10.9. The van der Waals surface area contributed by atoms with Crippen LogP contribution in [0, 0.1) is 0 Å². The maximum Gasteiger partial charge on any atom is 0.315 e. The summed E-state index contributed by atoms with van der Waals surface area (Å²) < 4.78 is 5.38. The molecule has 2 heterocycles. The second-order valence-corrected chi connectivity index (χ2v) is 3.55. The summed E-state index contributed by atoms with van der Waals surface area (Å²) in [6.45, 7) is 0.466. The molecule has 0 aromatic carbocycles. The van der Waals surface area contributed by atoms with E-state index in [1.165, 1.54) is 0 Å². The van der Waals surface area contributed by atoms with Gasteiger partial charge in [0.05, 0.1) is 24.8 Å². The van der Waals surface area contributed by atoms with E-state index in [9.17, 15) is 9.59 Å². The van der Waals surface area contributed by atoms with Gasteiger partial charge in [-0.15, -0.1) is 0 Å². The van der Waals surface area contributed by atoms with Crippen molar-refractivity contribution in [1.82, 2.24) is 10.6 Å². The second kappa shape index (κ2) is 3.45. The third kappa shape index (κ3) is 1.65. The van der Waals surface area contributed by atoms with Gasteiger partial charge in [0.25, 0.3) is 0 Å². The quantitative estimate of drug-likeness (QED) is 0.562. The van der Waals surface area contributed by atoms with Crippen molar-refractivity contribution in [1.29, 1.82) is 0 Å². The predicted octanol–water partition coefficient (Wildman–Crippen LogP) is -0.700. The molecule has 2 aliphatic rings. The SMILES string of the molecule is O=C(O)CCC1OCC2NC(=O)NC21. The molecule has 2 saturated heterocycles. The molecule has 3 N–H and O–H groups in total. The molecule has 2 aliphatic heterocycles. The molecule has 0 aliphatic carbocycles. The predicted molar refractivity (Wildman–Crippen MR) is 45.9 cm³/mol. The Morgan fingerprint density at radius 1 is 1.57 bits per heavy atom. The fourth-order valence-corrected chi connectivity index (χ4v) is 1.91. The van der Waals surface area contributed by atoms with Crippen molar-refractivity contribution in [2.75, 3.05) is 6.61 Å². The van der Waals surface area contributed by atoms with Crippen LogP contribution in [0.3, 0.4) is 0 Å². The minimum atomic E-state index is -0.839. The summed E-state index contributed by atoms with van der Waals surface area (Å²) in [5.41, 5.74) is 0. The second-order valence-electron chi connectivity index (χ2n) is 3.55. The van der Waals surface area contributed by atoms with Crippen LogP contribution < -0.4 is 10.6 Å². The lowest BCUT2D eigenvalue weighted by Gasteiger charge is -2.14.